The van der Waals surface area contributed by atoms with E-state index in [1.54, 1.807) is 38.3 Å². The van der Waals surface area contributed by atoms with Crippen LogP contribution in [0.3, 0.4) is 0 Å². The second-order valence-corrected chi connectivity index (χ2v) is 9.01. The number of hydrogen-bond donors (Lipinski definition) is 0. The van der Waals surface area contributed by atoms with Gasteiger partial charge in [-0.1, -0.05) is 30.3 Å². The van der Waals surface area contributed by atoms with E-state index in [-0.39, 0.29) is 17.3 Å². The van der Waals surface area contributed by atoms with Gasteiger partial charge in [0.15, 0.2) is 17.2 Å². The highest BCUT2D eigenvalue weighted by Crippen LogP contribution is 2.36. The van der Waals surface area contributed by atoms with Gasteiger partial charge in [-0.25, -0.2) is 9.79 Å². The number of nitro benzene ring substituents is 1. The molecule has 0 atom stereocenters. The molecule has 0 saturated heterocycles. The molecule has 0 fully saturated rings. The predicted molar refractivity (Wildman–Crippen MR) is 140 cm³/mol. The fraction of sp³-hybridized carbons (Fsp3) is 0.154. The number of halogens is 1. The number of nitrogens with zero attached hydrogens (tertiary/aromatic N) is 2. The van der Waals surface area contributed by atoms with Gasteiger partial charge in [0.1, 0.15) is 6.61 Å². The van der Waals surface area contributed by atoms with E-state index in [1.165, 1.54) is 6.07 Å². The van der Waals surface area contributed by atoms with Gasteiger partial charge in [0.2, 0.25) is 5.90 Å². The van der Waals surface area contributed by atoms with Crippen LogP contribution in [0, 0.1) is 27.5 Å². The van der Waals surface area contributed by atoms with E-state index in [1.807, 2.05) is 37.3 Å². The lowest BCUT2D eigenvalue weighted by atomic mass is 10.1. The van der Waals surface area contributed by atoms with Gasteiger partial charge in [-0.05, 0) is 77.4 Å². The third kappa shape index (κ3) is 5.35. The Labute approximate surface area is 215 Å². The van der Waals surface area contributed by atoms with Crippen LogP contribution in [0.1, 0.15) is 27.8 Å². The summed E-state index contributed by atoms with van der Waals surface area (Å²) in [6.45, 7) is 4.06. The van der Waals surface area contributed by atoms with Crippen LogP contribution >= 0.6 is 22.6 Å². The second-order valence-electron chi connectivity index (χ2n) is 7.84. The second kappa shape index (κ2) is 10.3. The molecule has 35 heavy (non-hydrogen) atoms. The van der Waals surface area contributed by atoms with E-state index < -0.39 is 10.9 Å². The topological polar surface area (TPSA) is 100 Å². The quantitative estimate of drug-likeness (QED) is 0.115. The summed E-state index contributed by atoms with van der Waals surface area (Å²) in [6.07, 6.45) is 1.58. The molecular weight excluding hydrogens is 563 g/mol. The minimum atomic E-state index is -0.642. The molecule has 3 aromatic rings. The minimum Gasteiger partial charge on any atom is -0.493 e. The maximum atomic E-state index is 12.4. The zero-order valence-electron chi connectivity index (χ0n) is 19.2. The summed E-state index contributed by atoms with van der Waals surface area (Å²) < 4.78 is 17.7. The average Bonchev–Trinajstić information content (AvgIpc) is 3.19. The standard InChI is InChI=1S/C26H21IN2O6/c1-15-6-4-5-7-19(15)14-34-24-20(27)10-17(12-23(24)33-3)11-21-26(30)35-25(28-21)18-9-8-16(2)22(13-18)29(31)32/h4-13H,14H2,1-3H3/b21-11-. The molecule has 0 spiro atoms. The molecule has 0 saturated carbocycles. The molecule has 0 aliphatic carbocycles. The normalized spacial score (nSPS) is 14.0. The third-order valence-electron chi connectivity index (χ3n) is 5.46. The third-order valence-corrected chi connectivity index (χ3v) is 6.26. The van der Waals surface area contributed by atoms with Crippen LogP contribution in [0.25, 0.3) is 6.08 Å². The highest BCUT2D eigenvalue weighted by atomic mass is 127. The number of ether oxygens (including phenoxy) is 3. The van der Waals surface area contributed by atoms with Crippen LogP contribution in [0.15, 0.2) is 65.3 Å². The number of esters is 1. The van der Waals surface area contributed by atoms with Crippen molar-refractivity contribution < 1.29 is 23.9 Å². The molecular formula is C26H21IN2O6. The summed E-state index contributed by atoms with van der Waals surface area (Å²) in [4.78, 5) is 27.5. The number of carbonyl (C=O) groups excluding carboxylic acids is 1. The van der Waals surface area contributed by atoms with Gasteiger partial charge >= 0.3 is 5.97 Å². The molecule has 0 amide bonds. The van der Waals surface area contributed by atoms with E-state index >= 15 is 0 Å². The number of aryl methyl sites for hydroxylation is 2. The van der Waals surface area contributed by atoms with E-state index in [0.717, 1.165) is 14.7 Å². The van der Waals surface area contributed by atoms with Crippen molar-refractivity contribution >= 4 is 46.2 Å². The van der Waals surface area contributed by atoms with E-state index in [9.17, 15) is 14.9 Å². The van der Waals surface area contributed by atoms with E-state index in [2.05, 4.69) is 27.6 Å². The first-order chi connectivity index (χ1) is 16.8. The van der Waals surface area contributed by atoms with Crippen molar-refractivity contribution in [1.29, 1.82) is 0 Å². The molecule has 1 aliphatic rings. The molecule has 0 bridgehead atoms. The van der Waals surface area contributed by atoms with Gasteiger partial charge in [-0.2, -0.15) is 0 Å². The summed E-state index contributed by atoms with van der Waals surface area (Å²) in [6, 6.07) is 16.1. The van der Waals surface area contributed by atoms with Crippen molar-refractivity contribution in [2.24, 2.45) is 4.99 Å². The number of aliphatic imine (C=N–C) groups is 1. The number of hydrogen-bond acceptors (Lipinski definition) is 7. The van der Waals surface area contributed by atoms with Crippen LogP contribution in [-0.4, -0.2) is 23.9 Å². The number of benzene rings is 3. The van der Waals surface area contributed by atoms with Crippen molar-refractivity contribution in [2.45, 2.75) is 20.5 Å². The number of nitro groups is 1. The first-order valence-corrected chi connectivity index (χ1v) is 11.7. The summed E-state index contributed by atoms with van der Waals surface area (Å²) in [7, 11) is 1.55. The molecule has 9 heteroatoms. The van der Waals surface area contributed by atoms with Crippen LogP contribution in [0.5, 0.6) is 11.5 Å². The molecule has 0 unspecified atom stereocenters. The fourth-order valence-corrected chi connectivity index (χ4v) is 4.30. The molecule has 8 nitrogen and oxygen atoms in total. The predicted octanol–water partition coefficient (Wildman–Crippen LogP) is 5.75. The number of cyclic esters (lactones) is 1. The Morgan fingerprint density at radius 3 is 2.60 bits per heavy atom. The SMILES string of the molecule is COc1cc(/C=C2\N=C(c3ccc(C)c([N+](=O)[O-])c3)OC2=O)cc(I)c1OCc1ccccc1C. The lowest BCUT2D eigenvalue weighted by Crippen LogP contribution is -2.06. The lowest BCUT2D eigenvalue weighted by molar-refractivity contribution is -0.385. The highest BCUT2D eigenvalue weighted by Gasteiger charge is 2.26. The van der Waals surface area contributed by atoms with Gasteiger partial charge in [-0.15, -0.1) is 0 Å². The van der Waals surface area contributed by atoms with Gasteiger partial charge < -0.3 is 14.2 Å². The van der Waals surface area contributed by atoms with Crippen LogP contribution in [-0.2, 0) is 16.1 Å². The number of rotatable bonds is 7. The molecule has 0 aromatic heterocycles. The number of methoxy groups -OCH3 is 1. The maximum absolute atomic E-state index is 12.4. The molecule has 178 valence electrons. The average molecular weight is 584 g/mol. The Morgan fingerprint density at radius 2 is 1.89 bits per heavy atom. The zero-order chi connectivity index (χ0) is 25.1. The van der Waals surface area contributed by atoms with E-state index in [0.29, 0.717) is 34.8 Å². The summed E-state index contributed by atoms with van der Waals surface area (Å²) >= 11 is 2.15. The largest absolute Gasteiger partial charge is 0.493 e. The molecule has 0 radical (unpaired) electrons. The summed E-state index contributed by atoms with van der Waals surface area (Å²) in [5.41, 5.74) is 3.74. The van der Waals surface area contributed by atoms with Crippen molar-refractivity contribution in [2.75, 3.05) is 7.11 Å². The molecule has 0 N–H and O–H groups in total. The smallest absolute Gasteiger partial charge is 0.363 e. The minimum absolute atomic E-state index is 0.0178. The van der Waals surface area contributed by atoms with Crippen molar-refractivity contribution in [3.8, 4) is 11.5 Å². The van der Waals surface area contributed by atoms with Crippen molar-refractivity contribution in [3.63, 3.8) is 0 Å². The highest BCUT2D eigenvalue weighted by molar-refractivity contribution is 14.1. The Balaban J connectivity index is 1.61. The zero-order valence-corrected chi connectivity index (χ0v) is 21.4. The Kier molecular flexibility index (Phi) is 7.15. The summed E-state index contributed by atoms with van der Waals surface area (Å²) in [5, 5.41) is 11.2. The number of carbonyl (C=O) groups is 1. The molecule has 1 heterocycles. The van der Waals surface area contributed by atoms with Crippen molar-refractivity contribution in [3.05, 3.63) is 102 Å². The molecule has 3 aromatic carbocycles. The Hall–Kier alpha value is -3.73. The van der Waals surface area contributed by atoms with Crippen LogP contribution < -0.4 is 9.47 Å². The molecule has 1 aliphatic heterocycles. The van der Waals surface area contributed by atoms with Gasteiger partial charge in [0, 0.05) is 17.2 Å². The Morgan fingerprint density at radius 1 is 1.11 bits per heavy atom. The van der Waals surface area contributed by atoms with E-state index in [4.69, 9.17) is 14.2 Å². The monoisotopic (exact) mass is 584 g/mol. The van der Waals surface area contributed by atoms with Crippen LogP contribution in [0.4, 0.5) is 5.69 Å². The van der Waals surface area contributed by atoms with Gasteiger partial charge in [0.05, 0.1) is 15.6 Å². The lowest BCUT2D eigenvalue weighted by Gasteiger charge is -2.14. The maximum Gasteiger partial charge on any atom is 0.363 e. The van der Waals surface area contributed by atoms with Crippen molar-refractivity contribution in [1.82, 2.24) is 0 Å². The fourth-order valence-electron chi connectivity index (χ4n) is 3.51. The van der Waals surface area contributed by atoms with Crippen LogP contribution in [0.2, 0.25) is 0 Å². The first-order valence-electron chi connectivity index (χ1n) is 10.6. The van der Waals surface area contributed by atoms with Gasteiger partial charge in [0.25, 0.3) is 5.69 Å². The molecule has 4 rings (SSSR count). The Bertz CT molecular complexity index is 1400. The summed E-state index contributed by atoms with van der Waals surface area (Å²) in [5.74, 6) is 0.493. The first kappa shape index (κ1) is 24.4. The van der Waals surface area contributed by atoms with Gasteiger partial charge in [-0.3, -0.25) is 10.1 Å².